The lowest BCUT2D eigenvalue weighted by Gasteiger charge is -2.17. The van der Waals surface area contributed by atoms with Gasteiger partial charge in [-0.2, -0.15) is 0 Å². The molecule has 5 nitrogen and oxygen atoms in total. The molecule has 0 saturated heterocycles. The van der Waals surface area contributed by atoms with Gasteiger partial charge in [0.2, 0.25) is 0 Å². The number of pyridine rings is 1. The van der Waals surface area contributed by atoms with Crippen molar-refractivity contribution in [2.75, 3.05) is 14.2 Å². The van der Waals surface area contributed by atoms with Crippen molar-refractivity contribution in [3.05, 3.63) is 63.4 Å². The van der Waals surface area contributed by atoms with E-state index in [2.05, 4.69) is 9.72 Å². The average molecular weight is 353 g/mol. The normalized spacial score (nSPS) is 10.3. The molecule has 0 saturated carbocycles. The maximum atomic E-state index is 12.4. The minimum absolute atomic E-state index is 0.104. The number of carbonyl (C=O) groups is 2. The lowest BCUT2D eigenvalue weighted by molar-refractivity contribution is 0.0600. The molecule has 0 unspecified atom stereocenters. The van der Waals surface area contributed by atoms with Gasteiger partial charge in [0.05, 0.1) is 17.7 Å². The Balaban J connectivity index is 2.12. The quantitative estimate of drug-likeness (QED) is 0.624. The van der Waals surface area contributed by atoms with Crippen LogP contribution in [0.4, 0.5) is 0 Å². The molecular weight excluding hydrogens is 339 g/mol. The van der Waals surface area contributed by atoms with Crippen LogP contribution in [-0.4, -0.2) is 35.9 Å². The Labute approximate surface area is 143 Å². The molecule has 0 aliphatic heterocycles. The summed E-state index contributed by atoms with van der Waals surface area (Å²) in [5, 5.41) is 0.445. The Kier molecular flexibility index (Phi) is 5.58. The molecule has 2 aromatic rings. The number of benzene rings is 1. The fourth-order valence-electron chi connectivity index (χ4n) is 1.96. The van der Waals surface area contributed by atoms with Gasteiger partial charge in [0.25, 0.3) is 5.91 Å². The summed E-state index contributed by atoms with van der Waals surface area (Å²) in [7, 11) is 2.96. The fourth-order valence-corrected chi connectivity index (χ4v) is 2.29. The van der Waals surface area contributed by atoms with Crippen molar-refractivity contribution in [2.24, 2.45) is 0 Å². The number of amides is 1. The van der Waals surface area contributed by atoms with Crippen molar-refractivity contribution in [2.45, 2.75) is 6.54 Å². The standard InChI is InChI=1S/C16H14Cl2N2O3/c1-20(15(21)14-12(17)7-8-13(18)19-14)9-10-3-5-11(6-4-10)16(22)23-2/h3-8H,9H2,1-2H3. The molecule has 120 valence electrons. The molecular formula is C16H14Cl2N2O3. The van der Waals surface area contributed by atoms with Gasteiger partial charge >= 0.3 is 5.97 Å². The fraction of sp³-hybridized carbons (Fsp3) is 0.188. The number of carbonyl (C=O) groups excluding carboxylic acids is 2. The van der Waals surface area contributed by atoms with Crippen LogP contribution in [-0.2, 0) is 11.3 Å². The Hall–Kier alpha value is -2.11. The molecule has 0 aliphatic rings. The summed E-state index contributed by atoms with van der Waals surface area (Å²) in [5.41, 5.74) is 1.41. The Morgan fingerprint density at radius 1 is 1.13 bits per heavy atom. The molecule has 0 bridgehead atoms. The third kappa shape index (κ3) is 4.21. The van der Waals surface area contributed by atoms with E-state index >= 15 is 0 Å². The maximum Gasteiger partial charge on any atom is 0.337 e. The highest BCUT2D eigenvalue weighted by atomic mass is 35.5. The highest BCUT2D eigenvalue weighted by Gasteiger charge is 2.18. The third-order valence-electron chi connectivity index (χ3n) is 3.16. The maximum absolute atomic E-state index is 12.4. The first-order valence-corrected chi connectivity index (χ1v) is 7.42. The number of ether oxygens (including phenoxy) is 1. The van der Waals surface area contributed by atoms with Crippen LogP contribution in [0.25, 0.3) is 0 Å². The van der Waals surface area contributed by atoms with Crippen molar-refractivity contribution in [3.8, 4) is 0 Å². The number of hydrogen-bond donors (Lipinski definition) is 0. The predicted octanol–water partition coefficient (Wildman–Crippen LogP) is 3.45. The Morgan fingerprint density at radius 3 is 2.39 bits per heavy atom. The highest BCUT2D eigenvalue weighted by molar-refractivity contribution is 6.34. The number of halogens is 2. The van der Waals surface area contributed by atoms with E-state index in [-0.39, 0.29) is 21.8 Å². The van der Waals surface area contributed by atoms with E-state index in [0.29, 0.717) is 12.1 Å². The lowest BCUT2D eigenvalue weighted by Crippen LogP contribution is -2.27. The second-order valence-electron chi connectivity index (χ2n) is 4.81. The summed E-state index contributed by atoms with van der Waals surface area (Å²) in [5.74, 6) is -0.745. The van der Waals surface area contributed by atoms with Gasteiger partial charge in [-0.3, -0.25) is 4.79 Å². The number of aromatic nitrogens is 1. The van der Waals surface area contributed by atoms with Crippen molar-refractivity contribution in [1.29, 1.82) is 0 Å². The molecule has 23 heavy (non-hydrogen) atoms. The first kappa shape index (κ1) is 17.2. The Morgan fingerprint density at radius 2 is 1.78 bits per heavy atom. The molecule has 0 N–H and O–H groups in total. The summed E-state index contributed by atoms with van der Waals surface area (Å²) in [6.07, 6.45) is 0. The Bertz CT molecular complexity index is 733. The van der Waals surface area contributed by atoms with Gasteiger partial charge in [0, 0.05) is 13.6 Å². The zero-order chi connectivity index (χ0) is 17.0. The van der Waals surface area contributed by atoms with Crippen LogP contribution >= 0.6 is 23.2 Å². The zero-order valence-corrected chi connectivity index (χ0v) is 14.1. The van der Waals surface area contributed by atoms with Crippen molar-refractivity contribution in [3.63, 3.8) is 0 Å². The molecule has 1 aromatic heterocycles. The lowest BCUT2D eigenvalue weighted by atomic mass is 10.1. The first-order valence-electron chi connectivity index (χ1n) is 6.67. The summed E-state index contributed by atoms with van der Waals surface area (Å²) in [4.78, 5) is 29.2. The van der Waals surface area contributed by atoms with E-state index in [0.717, 1.165) is 5.56 Å². The van der Waals surface area contributed by atoms with Gasteiger partial charge in [-0.05, 0) is 29.8 Å². The zero-order valence-electron chi connectivity index (χ0n) is 12.5. The van der Waals surface area contributed by atoms with E-state index < -0.39 is 5.97 Å². The molecule has 1 amide bonds. The van der Waals surface area contributed by atoms with Crippen LogP contribution in [0.1, 0.15) is 26.4 Å². The highest BCUT2D eigenvalue weighted by Crippen LogP contribution is 2.19. The number of hydrogen-bond acceptors (Lipinski definition) is 4. The molecule has 0 spiro atoms. The van der Waals surface area contributed by atoms with Gasteiger partial charge in [-0.1, -0.05) is 35.3 Å². The second kappa shape index (κ2) is 7.44. The number of nitrogens with zero attached hydrogens (tertiary/aromatic N) is 2. The molecule has 0 atom stereocenters. The van der Waals surface area contributed by atoms with Crippen LogP contribution < -0.4 is 0 Å². The van der Waals surface area contributed by atoms with Crippen LogP contribution in [0.2, 0.25) is 10.2 Å². The largest absolute Gasteiger partial charge is 0.465 e. The monoisotopic (exact) mass is 352 g/mol. The van der Waals surface area contributed by atoms with Crippen LogP contribution in [0, 0.1) is 0 Å². The smallest absolute Gasteiger partial charge is 0.337 e. The molecule has 1 heterocycles. The van der Waals surface area contributed by atoms with Gasteiger partial charge < -0.3 is 9.64 Å². The topological polar surface area (TPSA) is 59.5 Å². The van der Waals surface area contributed by atoms with Crippen molar-refractivity contribution < 1.29 is 14.3 Å². The number of esters is 1. The number of rotatable bonds is 4. The van der Waals surface area contributed by atoms with Crippen LogP contribution in [0.3, 0.4) is 0 Å². The van der Waals surface area contributed by atoms with E-state index in [1.165, 1.54) is 24.1 Å². The molecule has 1 aromatic carbocycles. The number of methoxy groups -OCH3 is 1. The molecule has 0 radical (unpaired) electrons. The third-order valence-corrected chi connectivity index (χ3v) is 3.67. The van der Waals surface area contributed by atoms with E-state index in [9.17, 15) is 9.59 Å². The van der Waals surface area contributed by atoms with Crippen molar-refractivity contribution >= 4 is 35.1 Å². The van der Waals surface area contributed by atoms with Gasteiger partial charge in [-0.25, -0.2) is 9.78 Å². The second-order valence-corrected chi connectivity index (χ2v) is 5.61. The first-order chi connectivity index (χ1) is 10.9. The SMILES string of the molecule is COC(=O)c1ccc(CN(C)C(=O)c2nc(Cl)ccc2Cl)cc1. The minimum Gasteiger partial charge on any atom is -0.465 e. The molecule has 0 fully saturated rings. The van der Waals surface area contributed by atoms with Crippen molar-refractivity contribution in [1.82, 2.24) is 9.88 Å². The summed E-state index contributed by atoms with van der Waals surface area (Å²) < 4.78 is 4.64. The van der Waals surface area contributed by atoms with Gasteiger partial charge in [0.1, 0.15) is 10.8 Å². The molecule has 2 rings (SSSR count). The molecule has 0 aliphatic carbocycles. The van der Waals surface area contributed by atoms with E-state index in [1.807, 2.05) is 0 Å². The van der Waals surface area contributed by atoms with E-state index in [4.69, 9.17) is 23.2 Å². The minimum atomic E-state index is -0.407. The summed E-state index contributed by atoms with van der Waals surface area (Å²) >= 11 is 11.8. The van der Waals surface area contributed by atoms with Gasteiger partial charge in [0.15, 0.2) is 0 Å². The van der Waals surface area contributed by atoms with E-state index in [1.54, 1.807) is 31.3 Å². The predicted molar refractivity (Wildman–Crippen MR) is 87.8 cm³/mol. The summed E-state index contributed by atoms with van der Waals surface area (Å²) in [6.45, 7) is 0.338. The summed E-state index contributed by atoms with van der Waals surface area (Å²) in [6, 6.07) is 9.84. The van der Waals surface area contributed by atoms with Gasteiger partial charge in [-0.15, -0.1) is 0 Å². The van der Waals surface area contributed by atoms with Crippen LogP contribution in [0.15, 0.2) is 36.4 Å². The van der Waals surface area contributed by atoms with Crippen LogP contribution in [0.5, 0.6) is 0 Å². The average Bonchev–Trinajstić information content (AvgIpc) is 2.56. The molecule has 7 heteroatoms.